The van der Waals surface area contributed by atoms with Gasteiger partial charge < -0.3 is 23.5 Å². The minimum absolute atomic E-state index is 0.363. The Bertz CT molecular complexity index is 1440. The maximum atomic E-state index is 13.0. The fourth-order valence-corrected chi connectivity index (χ4v) is 3.62. The summed E-state index contributed by atoms with van der Waals surface area (Å²) in [7, 11) is 8.65. The lowest BCUT2D eigenvalue weighted by Crippen LogP contribution is -2.07. The van der Waals surface area contributed by atoms with E-state index in [4.69, 9.17) is 18.6 Å². The number of benzene rings is 3. The lowest BCUT2D eigenvalue weighted by molar-refractivity contribution is 0.355. The van der Waals surface area contributed by atoms with E-state index in [0.717, 1.165) is 11.3 Å². The lowest BCUT2D eigenvalue weighted by atomic mass is 10.0. The van der Waals surface area contributed by atoms with E-state index >= 15 is 0 Å². The highest BCUT2D eigenvalue weighted by molar-refractivity contribution is 5.94. The van der Waals surface area contributed by atoms with Crippen LogP contribution in [0.25, 0.3) is 22.1 Å². The largest absolute Gasteiger partial charge is 0.497 e. The molecule has 4 aromatic rings. The third-order valence-electron chi connectivity index (χ3n) is 5.50. The summed E-state index contributed by atoms with van der Waals surface area (Å²) in [6, 6.07) is 18.6. The highest BCUT2D eigenvalue weighted by Crippen LogP contribution is 2.36. The van der Waals surface area contributed by atoms with Crippen LogP contribution < -0.4 is 24.7 Å². The van der Waals surface area contributed by atoms with Crippen LogP contribution in [-0.2, 0) is 0 Å². The van der Waals surface area contributed by atoms with Crippen LogP contribution in [-0.4, -0.2) is 35.4 Å². The van der Waals surface area contributed by atoms with Crippen molar-refractivity contribution in [2.24, 2.45) is 0 Å². The third kappa shape index (κ3) is 4.41. The zero-order valence-electron chi connectivity index (χ0n) is 19.8. The molecule has 0 amide bonds. The lowest BCUT2D eigenvalue weighted by Gasteiger charge is -2.12. The molecule has 0 N–H and O–H groups in total. The van der Waals surface area contributed by atoms with Gasteiger partial charge in [0.25, 0.3) is 0 Å². The summed E-state index contributed by atoms with van der Waals surface area (Å²) in [6.07, 6.45) is 0. The highest BCUT2D eigenvalue weighted by atomic mass is 16.5. The minimum atomic E-state index is -0.484. The highest BCUT2D eigenvalue weighted by Gasteiger charge is 2.18. The molecule has 0 unspecified atom stereocenters. The first-order chi connectivity index (χ1) is 16.4. The molecule has 34 heavy (non-hydrogen) atoms. The quantitative estimate of drug-likeness (QED) is 0.397. The molecular formula is C28H25NO5. The maximum absolute atomic E-state index is 13.0. The van der Waals surface area contributed by atoms with Crippen molar-refractivity contribution in [1.29, 1.82) is 0 Å². The first kappa shape index (κ1) is 22.8. The molecule has 0 aliphatic carbocycles. The average Bonchev–Trinajstić information content (AvgIpc) is 2.87. The molecule has 0 aliphatic rings. The molecule has 3 aromatic carbocycles. The maximum Gasteiger partial charge on any atom is 0.344 e. The first-order valence-electron chi connectivity index (χ1n) is 10.6. The smallest absolute Gasteiger partial charge is 0.344 e. The Labute approximate surface area is 198 Å². The zero-order valence-corrected chi connectivity index (χ0v) is 19.8. The summed E-state index contributed by atoms with van der Waals surface area (Å²) in [5, 5.41) is 0.985. The van der Waals surface area contributed by atoms with Gasteiger partial charge in [-0.15, -0.1) is 0 Å². The van der Waals surface area contributed by atoms with Crippen LogP contribution in [0.15, 0.2) is 69.9 Å². The summed E-state index contributed by atoms with van der Waals surface area (Å²) in [6.45, 7) is 0. The van der Waals surface area contributed by atoms with Gasteiger partial charge in [0.2, 0.25) is 0 Å². The predicted molar refractivity (Wildman–Crippen MR) is 134 cm³/mol. The van der Waals surface area contributed by atoms with Crippen LogP contribution in [0, 0.1) is 11.8 Å². The standard InChI is InChI=1S/C28H25NO5/c1-29(2)20-11-6-18(7-12-20)8-15-22-23-16-25(32-4)26(33-5)17-24(23)28(30)34-27(22)19-9-13-21(31-3)14-10-19/h6-7,9-14,16-17H,1-5H3. The summed E-state index contributed by atoms with van der Waals surface area (Å²) in [5.74, 6) is 8.47. The summed E-state index contributed by atoms with van der Waals surface area (Å²) >= 11 is 0. The summed E-state index contributed by atoms with van der Waals surface area (Å²) in [4.78, 5) is 15.0. The first-order valence-corrected chi connectivity index (χ1v) is 10.6. The molecule has 0 saturated heterocycles. The van der Waals surface area contributed by atoms with Crippen molar-refractivity contribution in [1.82, 2.24) is 0 Å². The van der Waals surface area contributed by atoms with Crippen molar-refractivity contribution in [3.05, 3.63) is 82.2 Å². The van der Waals surface area contributed by atoms with Crippen molar-refractivity contribution < 1.29 is 18.6 Å². The van der Waals surface area contributed by atoms with Crippen LogP contribution in [0.4, 0.5) is 5.69 Å². The van der Waals surface area contributed by atoms with Gasteiger partial charge in [-0.2, -0.15) is 0 Å². The molecule has 0 radical (unpaired) electrons. The van der Waals surface area contributed by atoms with E-state index in [1.807, 2.05) is 67.5 Å². The number of anilines is 1. The molecule has 1 aromatic heterocycles. The van der Waals surface area contributed by atoms with E-state index in [-0.39, 0.29) is 0 Å². The second kappa shape index (κ2) is 9.63. The van der Waals surface area contributed by atoms with Gasteiger partial charge in [0.15, 0.2) is 17.3 Å². The van der Waals surface area contributed by atoms with Gasteiger partial charge in [-0.05, 0) is 60.7 Å². The molecule has 0 saturated carbocycles. The van der Waals surface area contributed by atoms with Gasteiger partial charge in [0, 0.05) is 36.3 Å². The zero-order chi connectivity index (χ0) is 24.2. The van der Waals surface area contributed by atoms with E-state index < -0.39 is 5.63 Å². The molecule has 6 nitrogen and oxygen atoms in total. The predicted octanol–water partition coefficient (Wildman–Crippen LogP) is 4.95. The number of rotatable bonds is 5. The molecule has 0 bridgehead atoms. The SMILES string of the molecule is COc1ccc(-c2oc(=O)c3cc(OC)c(OC)cc3c2C#Cc2ccc(N(C)C)cc2)cc1. The Morgan fingerprint density at radius 1 is 0.765 bits per heavy atom. The molecule has 0 aliphatic heterocycles. The molecule has 0 spiro atoms. The van der Waals surface area contributed by atoms with E-state index in [1.54, 1.807) is 26.4 Å². The van der Waals surface area contributed by atoms with Gasteiger partial charge in [-0.25, -0.2) is 4.79 Å². The van der Waals surface area contributed by atoms with Crippen LogP contribution in [0.2, 0.25) is 0 Å². The molecule has 1 heterocycles. The van der Waals surface area contributed by atoms with Crippen molar-refractivity contribution in [3.8, 4) is 40.4 Å². The van der Waals surface area contributed by atoms with Gasteiger partial charge >= 0.3 is 5.63 Å². The van der Waals surface area contributed by atoms with Gasteiger partial charge in [0.05, 0.1) is 32.3 Å². The van der Waals surface area contributed by atoms with Crippen molar-refractivity contribution >= 4 is 16.5 Å². The molecule has 0 atom stereocenters. The van der Waals surface area contributed by atoms with E-state index in [2.05, 4.69) is 11.8 Å². The monoisotopic (exact) mass is 455 g/mol. The van der Waals surface area contributed by atoms with Gasteiger partial charge in [-0.1, -0.05) is 11.8 Å². The summed E-state index contributed by atoms with van der Waals surface area (Å²) < 4.78 is 21.9. The molecule has 6 heteroatoms. The Balaban J connectivity index is 1.97. The topological polar surface area (TPSA) is 61.1 Å². The molecule has 0 fully saturated rings. The van der Waals surface area contributed by atoms with Crippen LogP contribution >= 0.6 is 0 Å². The number of hydrogen-bond donors (Lipinski definition) is 0. The Morgan fingerprint density at radius 2 is 1.38 bits per heavy atom. The summed E-state index contributed by atoms with van der Waals surface area (Å²) in [5.41, 5.74) is 2.73. The van der Waals surface area contributed by atoms with Crippen molar-refractivity contribution in [2.45, 2.75) is 0 Å². The fourth-order valence-electron chi connectivity index (χ4n) is 3.62. The number of methoxy groups -OCH3 is 3. The van der Waals surface area contributed by atoms with E-state index in [1.165, 1.54) is 7.11 Å². The molecular weight excluding hydrogens is 430 g/mol. The minimum Gasteiger partial charge on any atom is -0.497 e. The normalized spacial score (nSPS) is 10.4. The van der Waals surface area contributed by atoms with Gasteiger partial charge in [0.1, 0.15) is 5.75 Å². The van der Waals surface area contributed by atoms with Gasteiger partial charge in [-0.3, -0.25) is 0 Å². The fraction of sp³-hybridized carbons (Fsp3) is 0.179. The van der Waals surface area contributed by atoms with Crippen molar-refractivity contribution in [2.75, 3.05) is 40.3 Å². The number of fused-ring (bicyclic) bond motifs is 1. The Hall–Kier alpha value is -4.37. The number of ether oxygens (including phenoxy) is 3. The second-order valence-corrected chi connectivity index (χ2v) is 7.77. The van der Waals surface area contributed by atoms with Crippen LogP contribution in [0.5, 0.6) is 17.2 Å². The number of nitrogens with zero attached hydrogens (tertiary/aromatic N) is 1. The van der Waals surface area contributed by atoms with Crippen LogP contribution in [0.3, 0.4) is 0 Å². The van der Waals surface area contributed by atoms with Crippen molar-refractivity contribution in [3.63, 3.8) is 0 Å². The second-order valence-electron chi connectivity index (χ2n) is 7.77. The molecule has 172 valence electrons. The molecule has 4 rings (SSSR count). The Kier molecular flexibility index (Phi) is 6.46. The third-order valence-corrected chi connectivity index (χ3v) is 5.50. The van der Waals surface area contributed by atoms with E-state index in [0.29, 0.717) is 44.9 Å². The number of hydrogen-bond acceptors (Lipinski definition) is 6. The average molecular weight is 456 g/mol. The van der Waals surface area contributed by atoms with E-state index in [9.17, 15) is 4.79 Å². The van der Waals surface area contributed by atoms with Crippen LogP contribution in [0.1, 0.15) is 11.1 Å². The Morgan fingerprint density at radius 3 is 1.94 bits per heavy atom.